The first-order valence-electron chi connectivity index (χ1n) is 12.4. The van der Waals surface area contributed by atoms with Crippen LogP contribution in [0.15, 0.2) is 42.7 Å². The van der Waals surface area contributed by atoms with E-state index in [1.54, 1.807) is 25.5 Å². The highest BCUT2D eigenvalue weighted by atomic mass is 32.2. The van der Waals surface area contributed by atoms with Crippen LogP contribution < -0.4 is 16.0 Å². The van der Waals surface area contributed by atoms with Crippen molar-refractivity contribution < 1.29 is 18.3 Å². The number of carbonyl (C=O) groups is 1. The van der Waals surface area contributed by atoms with E-state index in [2.05, 4.69) is 31.0 Å². The molecule has 1 aliphatic heterocycles. The third-order valence-corrected chi connectivity index (χ3v) is 8.43. The largest absolute Gasteiger partial charge is 0.370 e. The minimum absolute atomic E-state index is 0.0802. The van der Waals surface area contributed by atoms with Gasteiger partial charge in [-0.3, -0.25) is 9.48 Å². The van der Waals surface area contributed by atoms with Gasteiger partial charge < -0.3 is 21.1 Å². The second-order valence-electron chi connectivity index (χ2n) is 9.79. The zero-order chi connectivity index (χ0) is 26.0. The molecule has 37 heavy (non-hydrogen) atoms. The van der Waals surface area contributed by atoms with Crippen LogP contribution in [0.1, 0.15) is 41.7 Å². The van der Waals surface area contributed by atoms with E-state index in [9.17, 15) is 18.3 Å². The SMILES string of the molecule is Cn1cc(NC(O)c2cccc(-c3ccnc(NCC4CC4)c3)n2)c(C(=O)NCC2CCS(=O)(=O)C2)n1. The highest BCUT2D eigenvalue weighted by Crippen LogP contribution is 2.29. The maximum absolute atomic E-state index is 12.8. The Morgan fingerprint density at radius 3 is 2.78 bits per heavy atom. The van der Waals surface area contributed by atoms with Crippen LogP contribution >= 0.6 is 0 Å². The summed E-state index contributed by atoms with van der Waals surface area (Å²) < 4.78 is 24.8. The Hall–Kier alpha value is -3.51. The van der Waals surface area contributed by atoms with Crippen LogP contribution in [0, 0.1) is 11.8 Å². The summed E-state index contributed by atoms with van der Waals surface area (Å²) in [4.78, 5) is 21.8. The van der Waals surface area contributed by atoms with E-state index >= 15 is 0 Å². The summed E-state index contributed by atoms with van der Waals surface area (Å²) in [5.74, 6) is 1.20. The number of hydrogen-bond acceptors (Lipinski definition) is 9. The van der Waals surface area contributed by atoms with Crippen molar-refractivity contribution in [2.24, 2.45) is 18.9 Å². The molecule has 196 valence electrons. The lowest BCUT2D eigenvalue weighted by atomic mass is 10.1. The number of anilines is 2. The average Bonchev–Trinajstić information content (AvgIpc) is 3.55. The smallest absolute Gasteiger partial charge is 0.273 e. The van der Waals surface area contributed by atoms with Crippen molar-refractivity contribution in [2.75, 3.05) is 35.2 Å². The molecular formula is C25H31N7O4S. The maximum Gasteiger partial charge on any atom is 0.273 e. The predicted molar refractivity (Wildman–Crippen MR) is 140 cm³/mol. The van der Waals surface area contributed by atoms with Gasteiger partial charge >= 0.3 is 0 Å². The second-order valence-corrected chi connectivity index (χ2v) is 12.0. The number of pyridine rings is 2. The Balaban J connectivity index is 1.25. The van der Waals surface area contributed by atoms with Crippen LogP contribution in [-0.4, -0.2) is 63.8 Å². The van der Waals surface area contributed by atoms with Gasteiger partial charge in [-0.1, -0.05) is 6.07 Å². The van der Waals surface area contributed by atoms with Crippen molar-refractivity contribution in [1.82, 2.24) is 25.1 Å². The molecule has 4 N–H and O–H groups in total. The molecule has 1 aliphatic carbocycles. The number of amides is 1. The number of aryl methyl sites for hydroxylation is 1. The zero-order valence-corrected chi connectivity index (χ0v) is 21.4. The van der Waals surface area contributed by atoms with Crippen LogP contribution in [0.4, 0.5) is 11.5 Å². The Labute approximate surface area is 215 Å². The first-order chi connectivity index (χ1) is 17.8. The lowest BCUT2D eigenvalue weighted by Crippen LogP contribution is -2.31. The van der Waals surface area contributed by atoms with E-state index in [-0.39, 0.29) is 29.7 Å². The average molecular weight is 526 g/mol. The molecule has 3 aromatic rings. The minimum Gasteiger partial charge on any atom is -0.370 e. The first kappa shape index (κ1) is 25.2. The van der Waals surface area contributed by atoms with Crippen molar-refractivity contribution in [3.8, 4) is 11.3 Å². The summed E-state index contributed by atoms with van der Waals surface area (Å²) in [5, 5.41) is 24.2. The third-order valence-electron chi connectivity index (χ3n) is 6.59. The van der Waals surface area contributed by atoms with Crippen molar-refractivity contribution in [3.05, 3.63) is 54.1 Å². The van der Waals surface area contributed by atoms with E-state index in [4.69, 9.17) is 0 Å². The molecule has 4 heterocycles. The fraction of sp³-hybridized carbons (Fsp3) is 0.440. The van der Waals surface area contributed by atoms with Crippen molar-refractivity contribution in [1.29, 1.82) is 0 Å². The van der Waals surface area contributed by atoms with Gasteiger partial charge in [-0.2, -0.15) is 5.10 Å². The predicted octanol–water partition coefficient (Wildman–Crippen LogP) is 1.97. The fourth-order valence-corrected chi connectivity index (χ4v) is 6.22. The Morgan fingerprint density at radius 1 is 1.19 bits per heavy atom. The Kier molecular flexibility index (Phi) is 7.11. The fourth-order valence-electron chi connectivity index (χ4n) is 4.36. The molecule has 0 aromatic carbocycles. The molecule has 12 heteroatoms. The molecule has 0 bridgehead atoms. The lowest BCUT2D eigenvalue weighted by molar-refractivity contribution is 0.0943. The summed E-state index contributed by atoms with van der Waals surface area (Å²) in [7, 11) is -1.34. The van der Waals surface area contributed by atoms with E-state index in [0.717, 1.165) is 23.8 Å². The summed E-state index contributed by atoms with van der Waals surface area (Å²) in [5.41, 5.74) is 2.39. The van der Waals surface area contributed by atoms with E-state index in [1.807, 2.05) is 24.3 Å². The van der Waals surface area contributed by atoms with Gasteiger partial charge in [-0.05, 0) is 55.4 Å². The number of nitrogens with one attached hydrogen (secondary N) is 3. The summed E-state index contributed by atoms with van der Waals surface area (Å²) >= 11 is 0. The molecule has 1 saturated heterocycles. The number of aliphatic hydroxyl groups excluding tert-OH is 1. The van der Waals surface area contributed by atoms with Crippen molar-refractivity contribution in [2.45, 2.75) is 25.5 Å². The van der Waals surface area contributed by atoms with Gasteiger partial charge in [-0.25, -0.2) is 18.4 Å². The molecule has 2 aliphatic rings. The van der Waals surface area contributed by atoms with E-state index in [0.29, 0.717) is 23.5 Å². The van der Waals surface area contributed by atoms with Crippen LogP contribution in [0.5, 0.6) is 0 Å². The molecule has 5 rings (SSSR count). The number of aliphatic hydroxyl groups is 1. The second kappa shape index (κ2) is 10.5. The number of rotatable bonds is 10. The molecule has 2 unspecified atom stereocenters. The normalized spacial score (nSPS) is 19.4. The molecule has 3 aromatic heterocycles. The van der Waals surface area contributed by atoms with Gasteiger partial charge in [0.1, 0.15) is 5.82 Å². The number of nitrogens with zero attached hydrogens (tertiary/aromatic N) is 4. The van der Waals surface area contributed by atoms with Crippen LogP contribution in [0.3, 0.4) is 0 Å². The number of carbonyl (C=O) groups excluding carboxylic acids is 1. The van der Waals surface area contributed by atoms with Crippen molar-refractivity contribution >= 4 is 27.2 Å². The lowest BCUT2D eigenvalue weighted by Gasteiger charge is -2.15. The molecule has 11 nitrogen and oxygen atoms in total. The molecule has 0 radical (unpaired) electrons. The number of sulfone groups is 1. The van der Waals surface area contributed by atoms with Gasteiger partial charge in [-0.15, -0.1) is 0 Å². The highest BCUT2D eigenvalue weighted by molar-refractivity contribution is 7.91. The Morgan fingerprint density at radius 2 is 2.03 bits per heavy atom. The van der Waals surface area contributed by atoms with Crippen LogP contribution in [-0.2, 0) is 16.9 Å². The summed E-state index contributed by atoms with van der Waals surface area (Å²) in [6, 6.07) is 9.18. The standard InChI is InChI=1S/C25H31N7O4S/c1-32-14-21(23(31-32)25(34)28-13-17-8-10-37(35,36)15-17)30-24(33)20-4-2-3-19(29-20)18-7-9-26-22(11-18)27-12-16-5-6-16/h2-4,7,9,11,14,16-17,24,30,33H,5-6,8,10,12-13,15H2,1H3,(H,26,27)(H,28,34). The van der Waals surface area contributed by atoms with Gasteiger partial charge in [0, 0.05) is 38.1 Å². The molecule has 2 fully saturated rings. The topological polar surface area (TPSA) is 151 Å². The zero-order valence-electron chi connectivity index (χ0n) is 20.6. The van der Waals surface area contributed by atoms with Gasteiger partial charge in [0.2, 0.25) is 0 Å². The van der Waals surface area contributed by atoms with Gasteiger partial charge in [0.15, 0.2) is 21.8 Å². The molecule has 1 amide bonds. The highest BCUT2D eigenvalue weighted by Gasteiger charge is 2.29. The quantitative estimate of drug-likeness (QED) is 0.291. The molecule has 0 spiro atoms. The van der Waals surface area contributed by atoms with E-state index < -0.39 is 22.0 Å². The van der Waals surface area contributed by atoms with Crippen molar-refractivity contribution in [3.63, 3.8) is 0 Å². The number of hydrogen-bond donors (Lipinski definition) is 4. The van der Waals surface area contributed by atoms with Crippen LogP contribution in [0.2, 0.25) is 0 Å². The summed E-state index contributed by atoms with van der Waals surface area (Å²) in [6.07, 6.45) is 5.19. The molecular weight excluding hydrogens is 494 g/mol. The Bertz CT molecular complexity index is 1390. The summed E-state index contributed by atoms with van der Waals surface area (Å²) in [6.45, 7) is 1.16. The molecule has 2 atom stereocenters. The number of aromatic nitrogens is 4. The van der Waals surface area contributed by atoms with Gasteiger partial charge in [0.25, 0.3) is 5.91 Å². The maximum atomic E-state index is 12.8. The minimum atomic E-state index is -3.02. The first-order valence-corrected chi connectivity index (χ1v) is 14.2. The van der Waals surface area contributed by atoms with Gasteiger partial charge in [0.05, 0.1) is 28.6 Å². The third kappa shape index (κ3) is 6.44. The molecule has 1 saturated carbocycles. The van der Waals surface area contributed by atoms with E-state index in [1.165, 1.54) is 17.5 Å². The monoisotopic (exact) mass is 525 g/mol. The van der Waals surface area contributed by atoms with Crippen LogP contribution in [0.25, 0.3) is 11.3 Å².